The molecule has 2 unspecified atom stereocenters. The smallest absolute Gasteiger partial charge is 0.361 e. The molecule has 0 fully saturated rings. The molecule has 1 aliphatic heterocycles. The summed E-state index contributed by atoms with van der Waals surface area (Å²) >= 11 is 9.00. The lowest BCUT2D eigenvalue weighted by Crippen LogP contribution is -2.26. The molecule has 0 saturated heterocycles. The maximum Gasteiger partial charge on any atom is 0.361 e. The van der Waals surface area contributed by atoms with Crippen LogP contribution < -0.4 is 0 Å². The first-order chi connectivity index (χ1) is 6.93. The quantitative estimate of drug-likeness (QED) is 0.639. The van der Waals surface area contributed by atoms with E-state index in [1.807, 2.05) is 0 Å². The topological polar surface area (TPSA) is 55.8 Å². The van der Waals surface area contributed by atoms with E-state index < -0.39 is 13.2 Å². The molecular weight excluding hydrogens is 306 g/mol. The lowest BCUT2D eigenvalue weighted by Gasteiger charge is -2.22. The average Bonchev–Trinajstić information content (AvgIpc) is 2.36. The summed E-state index contributed by atoms with van der Waals surface area (Å²) < 4.78 is 23.2. The van der Waals surface area contributed by atoms with Crippen LogP contribution in [-0.4, -0.2) is 29.8 Å². The number of rotatable bonds is 4. The second-order valence-electron chi connectivity index (χ2n) is 3.29. The molecule has 1 rings (SSSR count). The van der Waals surface area contributed by atoms with Gasteiger partial charge in [0.15, 0.2) is 0 Å². The first kappa shape index (κ1) is 13.7. The Balaban J connectivity index is 3.14. The van der Waals surface area contributed by atoms with Gasteiger partial charge in [-0.1, -0.05) is 15.9 Å². The van der Waals surface area contributed by atoms with Crippen LogP contribution in [0.15, 0.2) is 9.80 Å². The van der Waals surface area contributed by atoms with Crippen molar-refractivity contribution >= 4 is 35.1 Å². The third kappa shape index (κ3) is 2.33. The van der Waals surface area contributed by atoms with Crippen LogP contribution >= 0.6 is 35.1 Å². The molecule has 0 radical (unpaired) electrons. The third-order valence-electron chi connectivity index (χ3n) is 2.07. The van der Waals surface area contributed by atoms with Crippen molar-refractivity contribution in [2.75, 3.05) is 19.1 Å². The molecule has 88 valence electrons. The van der Waals surface area contributed by atoms with E-state index >= 15 is 0 Å². The van der Waals surface area contributed by atoms with E-state index in [1.54, 1.807) is 13.8 Å². The van der Waals surface area contributed by atoms with Crippen molar-refractivity contribution in [2.24, 2.45) is 0 Å². The van der Waals surface area contributed by atoms with Gasteiger partial charge in [-0.2, -0.15) is 0 Å². The largest absolute Gasteiger partial charge is 0.391 e. The van der Waals surface area contributed by atoms with Crippen LogP contribution in [-0.2, 0) is 13.6 Å². The zero-order valence-electron chi connectivity index (χ0n) is 8.50. The van der Waals surface area contributed by atoms with Gasteiger partial charge in [0.2, 0.25) is 0 Å². The van der Waals surface area contributed by atoms with Gasteiger partial charge in [-0.05, 0) is 13.8 Å². The highest BCUT2D eigenvalue weighted by molar-refractivity contribution is 9.11. The highest BCUT2D eigenvalue weighted by atomic mass is 79.9. The van der Waals surface area contributed by atoms with Gasteiger partial charge in [0.05, 0.1) is 24.4 Å². The van der Waals surface area contributed by atoms with Gasteiger partial charge in [0.25, 0.3) is 0 Å². The predicted molar refractivity (Wildman–Crippen MR) is 62.5 cm³/mol. The van der Waals surface area contributed by atoms with E-state index in [2.05, 4.69) is 15.9 Å². The van der Waals surface area contributed by atoms with Crippen LogP contribution in [0.4, 0.5) is 0 Å². The normalized spacial score (nSPS) is 36.3. The second kappa shape index (κ2) is 4.86. The van der Waals surface area contributed by atoms with E-state index in [-0.39, 0.29) is 24.4 Å². The van der Waals surface area contributed by atoms with E-state index in [1.165, 1.54) is 0 Å². The van der Waals surface area contributed by atoms with Crippen LogP contribution in [0, 0.1) is 0 Å². The molecule has 7 heteroatoms. The Labute approximate surface area is 102 Å². The van der Waals surface area contributed by atoms with Crippen molar-refractivity contribution in [1.82, 2.24) is 0 Å². The minimum atomic E-state index is -3.38. The van der Waals surface area contributed by atoms with Gasteiger partial charge < -0.3 is 9.63 Å². The lowest BCUT2D eigenvalue weighted by atomic mass is 10.1. The Kier molecular flexibility index (Phi) is 4.43. The minimum Gasteiger partial charge on any atom is -0.391 e. The summed E-state index contributed by atoms with van der Waals surface area (Å²) in [6, 6.07) is 0. The van der Waals surface area contributed by atoms with Crippen LogP contribution in [0.1, 0.15) is 13.8 Å². The molecule has 0 aliphatic carbocycles. The minimum absolute atomic E-state index is 0.133. The molecule has 0 spiro atoms. The fourth-order valence-electron chi connectivity index (χ4n) is 1.30. The van der Waals surface area contributed by atoms with Gasteiger partial charge in [-0.3, -0.25) is 9.09 Å². The standard InChI is InChI=1S/C8H13BrClO4P/c1-3-13-15(12)6(4-11)7(9)8(2,5-10)14-15/h11H,3-5H2,1-2H3. The Bertz CT molecular complexity index is 333. The van der Waals surface area contributed by atoms with Crippen molar-refractivity contribution in [3.05, 3.63) is 9.80 Å². The monoisotopic (exact) mass is 318 g/mol. The zero-order chi connectivity index (χ0) is 11.7. The molecule has 0 bridgehead atoms. The fourth-order valence-corrected chi connectivity index (χ4v) is 4.84. The molecule has 15 heavy (non-hydrogen) atoms. The van der Waals surface area contributed by atoms with Crippen LogP contribution in [0.5, 0.6) is 0 Å². The molecule has 2 atom stereocenters. The summed E-state index contributed by atoms with van der Waals surface area (Å²) in [6.45, 7) is 3.28. The summed E-state index contributed by atoms with van der Waals surface area (Å²) in [7, 11) is -3.38. The van der Waals surface area contributed by atoms with Gasteiger partial charge in [-0.15, -0.1) is 11.6 Å². The van der Waals surface area contributed by atoms with Gasteiger partial charge in [-0.25, -0.2) is 0 Å². The van der Waals surface area contributed by atoms with Crippen LogP contribution in [0.3, 0.4) is 0 Å². The molecular formula is C8H13BrClO4P. The van der Waals surface area contributed by atoms with E-state index in [0.29, 0.717) is 4.48 Å². The predicted octanol–water partition coefficient (Wildman–Crippen LogP) is 2.84. The molecule has 0 aromatic carbocycles. The number of aliphatic hydroxyl groups is 1. The summed E-state index contributed by atoms with van der Waals surface area (Å²) in [4.78, 5) is 0. The molecule has 0 amide bonds. The Morgan fingerprint density at radius 3 is 2.73 bits per heavy atom. The van der Waals surface area contributed by atoms with Crippen LogP contribution in [0.2, 0.25) is 0 Å². The summed E-state index contributed by atoms with van der Waals surface area (Å²) in [5.41, 5.74) is -0.885. The van der Waals surface area contributed by atoms with Gasteiger partial charge >= 0.3 is 7.60 Å². The number of halogens is 2. The highest BCUT2D eigenvalue weighted by Crippen LogP contribution is 2.67. The van der Waals surface area contributed by atoms with E-state index in [4.69, 9.17) is 25.8 Å². The molecule has 0 aromatic heterocycles. The molecule has 0 aromatic rings. The van der Waals surface area contributed by atoms with E-state index in [9.17, 15) is 4.57 Å². The highest BCUT2D eigenvalue weighted by Gasteiger charge is 2.50. The van der Waals surface area contributed by atoms with Crippen LogP contribution in [0.25, 0.3) is 0 Å². The lowest BCUT2D eigenvalue weighted by molar-refractivity contribution is 0.136. The summed E-state index contributed by atoms with van der Waals surface area (Å²) in [6.07, 6.45) is 0. The molecule has 1 N–H and O–H groups in total. The number of aliphatic hydroxyl groups excluding tert-OH is 1. The zero-order valence-corrected chi connectivity index (χ0v) is 11.7. The van der Waals surface area contributed by atoms with Crippen molar-refractivity contribution in [2.45, 2.75) is 19.4 Å². The number of hydrogen-bond donors (Lipinski definition) is 1. The summed E-state index contributed by atoms with van der Waals surface area (Å²) in [5, 5.41) is 9.42. The average molecular weight is 320 g/mol. The van der Waals surface area contributed by atoms with Gasteiger partial charge in [0, 0.05) is 4.48 Å². The molecule has 0 saturated carbocycles. The SMILES string of the molecule is CCOP1(=O)OC(C)(CCl)C(Br)=C1CO. The first-order valence-electron chi connectivity index (χ1n) is 4.45. The Morgan fingerprint density at radius 1 is 1.73 bits per heavy atom. The number of alkyl halides is 1. The summed E-state index contributed by atoms with van der Waals surface area (Å²) in [5.74, 6) is 0.133. The molecule has 1 heterocycles. The van der Waals surface area contributed by atoms with Crippen molar-refractivity contribution in [1.29, 1.82) is 0 Å². The number of hydrogen-bond acceptors (Lipinski definition) is 4. The third-order valence-corrected chi connectivity index (χ3v) is 6.48. The molecule has 1 aliphatic rings. The van der Waals surface area contributed by atoms with Crippen molar-refractivity contribution < 1.29 is 18.7 Å². The second-order valence-corrected chi connectivity index (χ2v) is 6.33. The maximum absolute atomic E-state index is 12.2. The van der Waals surface area contributed by atoms with Crippen molar-refractivity contribution in [3.8, 4) is 0 Å². The Hall–Kier alpha value is 0.620. The first-order valence-corrected chi connectivity index (χ1v) is 7.32. The van der Waals surface area contributed by atoms with Crippen molar-refractivity contribution in [3.63, 3.8) is 0 Å². The fraction of sp³-hybridized carbons (Fsp3) is 0.750. The van der Waals surface area contributed by atoms with Gasteiger partial charge in [0.1, 0.15) is 5.60 Å². The molecule has 4 nitrogen and oxygen atoms in total. The maximum atomic E-state index is 12.2. The van der Waals surface area contributed by atoms with E-state index in [0.717, 1.165) is 0 Å². The Morgan fingerprint density at radius 2 is 2.33 bits per heavy atom.